The van der Waals surface area contributed by atoms with Gasteiger partial charge in [0.05, 0.1) is 15.7 Å². The summed E-state index contributed by atoms with van der Waals surface area (Å²) >= 11 is 1.62. The molecule has 0 radical (unpaired) electrons. The van der Waals surface area contributed by atoms with Crippen LogP contribution >= 0.6 is 11.3 Å². The summed E-state index contributed by atoms with van der Waals surface area (Å²) in [5.41, 5.74) is 4.74. The van der Waals surface area contributed by atoms with Crippen LogP contribution in [0.2, 0.25) is 0 Å². The molecule has 0 saturated heterocycles. The Bertz CT molecular complexity index is 909. The van der Waals surface area contributed by atoms with Crippen molar-refractivity contribution in [3.05, 3.63) is 41.8 Å². The van der Waals surface area contributed by atoms with Gasteiger partial charge in [-0.15, -0.1) is 11.3 Å². The van der Waals surface area contributed by atoms with Gasteiger partial charge < -0.3 is 5.32 Å². The van der Waals surface area contributed by atoms with E-state index in [2.05, 4.69) is 31.4 Å². The molecule has 0 spiro atoms. The number of hydrogen-bond donors (Lipinski definition) is 1. The van der Waals surface area contributed by atoms with Gasteiger partial charge in [0, 0.05) is 17.4 Å². The Hall–Kier alpha value is -2.54. The molecule has 0 unspecified atom stereocenters. The standard InChI is InChI=1S/C13H10N6S/c1-8-4-12(19-13(17-8)14-6-16-19)18-9-2-3-10-11(5-9)20-7-15-10/h2-7,18H,1H3. The van der Waals surface area contributed by atoms with Crippen LogP contribution in [0.4, 0.5) is 11.5 Å². The lowest BCUT2D eigenvalue weighted by molar-refractivity contribution is 0.937. The van der Waals surface area contributed by atoms with E-state index in [1.54, 1.807) is 15.9 Å². The molecule has 0 aliphatic carbocycles. The Morgan fingerprint density at radius 3 is 3.10 bits per heavy atom. The molecule has 4 rings (SSSR count). The van der Waals surface area contributed by atoms with Crippen molar-refractivity contribution in [1.29, 1.82) is 0 Å². The van der Waals surface area contributed by atoms with Crippen LogP contribution in [-0.4, -0.2) is 24.6 Å². The summed E-state index contributed by atoms with van der Waals surface area (Å²) in [5, 5.41) is 7.53. The van der Waals surface area contributed by atoms with Gasteiger partial charge in [0.25, 0.3) is 5.78 Å². The van der Waals surface area contributed by atoms with Crippen molar-refractivity contribution in [3.63, 3.8) is 0 Å². The van der Waals surface area contributed by atoms with Crippen molar-refractivity contribution in [3.8, 4) is 0 Å². The first-order chi connectivity index (χ1) is 9.79. The molecule has 1 aromatic carbocycles. The van der Waals surface area contributed by atoms with Crippen LogP contribution in [0.15, 0.2) is 36.1 Å². The quantitative estimate of drug-likeness (QED) is 0.612. The third kappa shape index (κ3) is 1.79. The van der Waals surface area contributed by atoms with Gasteiger partial charge in [0.15, 0.2) is 0 Å². The highest BCUT2D eigenvalue weighted by Crippen LogP contribution is 2.24. The van der Waals surface area contributed by atoms with Crippen molar-refractivity contribution in [2.24, 2.45) is 0 Å². The van der Waals surface area contributed by atoms with Crippen molar-refractivity contribution >= 4 is 38.8 Å². The molecule has 0 saturated carbocycles. The molecule has 0 fully saturated rings. The molecule has 4 aromatic rings. The number of rotatable bonds is 2. The van der Waals surface area contributed by atoms with Gasteiger partial charge in [-0.25, -0.2) is 9.97 Å². The summed E-state index contributed by atoms with van der Waals surface area (Å²) in [6.07, 6.45) is 1.50. The summed E-state index contributed by atoms with van der Waals surface area (Å²) in [6.45, 7) is 1.94. The Labute approximate surface area is 118 Å². The molecular formula is C13H10N6S. The molecule has 0 aliphatic rings. The average molecular weight is 282 g/mol. The Morgan fingerprint density at radius 2 is 2.15 bits per heavy atom. The van der Waals surface area contributed by atoms with Crippen LogP contribution < -0.4 is 5.32 Å². The average Bonchev–Trinajstić information content (AvgIpc) is 3.05. The van der Waals surface area contributed by atoms with Gasteiger partial charge in [-0.05, 0) is 25.1 Å². The van der Waals surface area contributed by atoms with E-state index in [1.807, 2.05) is 30.6 Å². The second-order valence-corrected chi connectivity index (χ2v) is 5.30. The van der Waals surface area contributed by atoms with E-state index in [1.165, 1.54) is 6.33 Å². The maximum atomic E-state index is 4.32. The molecule has 20 heavy (non-hydrogen) atoms. The zero-order chi connectivity index (χ0) is 13.5. The van der Waals surface area contributed by atoms with E-state index in [0.29, 0.717) is 5.78 Å². The number of benzene rings is 1. The first-order valence-corrected chi connectivity index (χ1v) is 6.95. The maximum absolute atomic E-state index is 4.32. The molecule has 6 nitrogen and oxygen atoms in total. The zero-order valence-electron chi connectivity index (χ0n) is 10.6. The van der Waals surface area contributed by atoms with E-state index in [9.17, 15) is 0 Å². The highest BCUT2D eigenvalue weighted by molar-refractivity contribution is 7.16. The SMILES string of the molecule is Cc1cc(Nc2ccc3ncsc3c2)n2ncnc2n1. The van der Waals surface area contributed by atoms with E-state index >= 15 is 0 Å². The molecule has 0 bridgehead atoms. The first-order valence-electron chi connectivity index (χ1n) is 6.07. The van der Waals surface area contributed by atoms with E-state index < -0.39 is 0 Å². The van der Waals surface area contributed by atoms with Gasteiger partial charge >= 0.3 is 0 Å². The third-order valence-electron chi connectivity index (χ3n) is 2.98. The van der Waals surface area contributed by atoms with Gasteiger partial charge in [0.1, 0.15) is 12.1 Å². The second kappa shape index (κ2) is 4.24. The first kappa shape index (κ1) is 11.3. The molecule has 0 aliphatic heterocycles. The van der Waals surface area contributed by atoms with Crippen molar-refractivity contribution in [2.75, 3.05) is 5.32 Å². The molecular weight excluding hydrogens is 272 g/mol. The smallest absolute Gasteiger partial charge is 0.254 e. The highest BCUT2D eigenvalue weighted by atomic mass is 32.1. The van der Waals surface area contributed by atoms with E-state index in [-0.39, 0.29) is 0 Å². The number of nitrogens with one attached hydrogen (secondary N) is 1. The molecule has 3 heterocycles. The van der Waals surface area contributed by atoms with Gasteiger partial charge in [0.2, 0.25) is 0 Å². The number of nitrogens with zero attached hydrogens (tertiary/aromatic N) is 5. The van der Waals surface area contributed by atoms with Crippen LogP contribution in [0.1, 0.15) is 5.69 Å². The minimum atomic E-state index is 0.589. The monoisotopic (exact) mass is 282 g/mol. The van der Waals surface area contributed by atoms with Gasteiger partial charge in [-0.1, -0.05) is 0 Å². The molecule has 0 amide bonds. The Kier molecular flexibility index (Phi) is 2.40. The van der Waals surface area contributed by atoms with Crippen molar-refractivity contribution < 1.29 is 0 Å². The van der Waals surface area contributed by atoms with Crippen LogP contribution in [0, 0.1) is 6.92 Å². The second-order valence-electron chi connectivity index (χ2n) is 4.41. The molecule has 0 atom stereocenters. The normalized spacial score (nSPS) is 11.2. The number of fused-ring (bicyclic) bond motifs is 2. The predicted octanol–water partition coefficient (Wildman–Crippen LogP) is 2.79. The van der Waals surface area contributed by atoms with E-state index in [0.717, 1.165) is 27.4 Å². The van der Waals surface area contributed by atoms with Gasteiger partial charge in [-0.3, -0.25) is 0 Å². The fourth-order valence-corrected chi connectivity index (χ4v) is 2.82. The van der Waals surface area contributed by atoms with Crippen LogP contribution in [0.25, 0.3) is 16.0 Å². The van der Waals surface area contributed by atoms with Crippen LogP contribution in [-0.2, 0) is 0 Å². The van der Waals surface area contributed by atoms with Crippen LogP contribution in [0.3, 0.4) is 0 Å². The molecule has 98 valence electrons. The van der Waals surface area contributed by atoms with Crippen LogP contribution in [0.5, 0.6) is 0 Å². The lowest BCUT2D eigenvalue weighted by Gasteiger charge is -2.08. The highest BCUT2D eigenvalue weighted by Gasteiger charge is 2.06. The summed E-state index contributed by atoms with van der Waals surface area (Å²) in [4.78, 5) is 12.7. The molecule has 1 N–H and O–H groups in total. The van der Waals surface area contributed by atoms with Crippen molar-refractivity contribution in [2.45, 2.75) is 6.92 Å². The number of thiazole rings is 1. The Morgan fingerprint density at radius 1 is 1.20 bits per heavy atom. The lowest BCUT2D eigenvalue weighted by Crippen LogP contribution is -2.02. The number of anilines is 2. The largest absolute Gasteiger partial charge is 0.340 e. The fourth-order valence-electron chi connectivity index (χ4n) is 2.10. The predicted molar refractivity (Wildman–Crippen MR) is 78.4 cm³/mol. The summed E-state index contributed by atoms with van der Waals surface area (Å²) in [7, 11) is 0. The summed E-state index contributed by atoms with van der Waals surface area (Å²) in [5.74, 6) is 1.43. The van der Waals surface area contributed by atoms with Gasteiger partial charge in [-0.2, -0.15) is 14.6 Å². The molecule has 3 aromatic heterocycles. The number of aryl methyl sites for hydroxylation is 1. The molecule has 7 heteroatoms. The summed E-state index contributed by atoms with van der Waals surface area (Å²) < 4.78 is 2.83. The lowest BCUT2D eigenvalue weighted by atomic mass is 10.3. The minimum Gasteiger partial charge on any atom is -0.340 e. The topological polar surface area (TPSA) is 68.0 Å². The number of aromatic nitrogens is 5. The number of hydrogen-bond acceptors (Lipinski definition) is 6. The fraction of sp³-hybridized carbons (Fsp3) is 0.0769. The summed E-state index contributed by atoms with van der Waals surface area (Å²) in [6, 6.07) is 8.02. The minimum absolute atomic E-state index is 0.589. The maximum Gasteiger partial charge on any atom is 0.254 e. The van der Waals surface area contributed by atoms with E-state index in [4.69, 9.17) is 0 Å². The Balaban J connectivity index is 1.81. The zero-order valence-corrected chi connectivity index (χ0v) is 11.4. The third-order valence-corrected chi connectivity index (χ3v) is 3.78. The van der Waals surface area contributed by atoms with Crippen molar-refractivity contribution in [1.82, 2.24) is 24.6 Å².